The molecule has 0 heterocycles. The number of carbonyl (C=O) groups excluding carboxylic acids is 2. The first-order valence-electron chi connectivity index (χ1n) is 8.70. The molecule has 0 spiro atoms. The second-order valence-corrected chi connectivity index (χ2v) is 6.34. The van der Waals surface area contributed by atoms with Crippen LogP contribution >= 0.6 is 0 Å². The van der Waals surface area contributed by atoms with E-state index in [9.17, 15) is 14.0 Å². The molecule has 0 aliphatic carbocycles. The van der Waals surface area contributed by atoms with Gasteiger partial charge in [-0.15, -0.1) is 0 Å². The van der Waals surface area contributed by atoms with Crippen LogP contribution in [0.1, 0.15) is 49.8 Å². The van der Waals surface area contributed by atoms with E-state index >= 15 is 0 Å². The normalized spacial score (nSPS) is 12.5. The van der Waals surface area contributed by atoms with Gasteiger partial charge in [-0.1, -0.05) is 13.8 Å². The molecule has 0 saturated carbocycles. The number of hydrogen-bond donors (Lipinski definition) is 2. The number of hydrogen-bond acceptors (Lipinski definition) is 4. The Morgan fingerprint density at radius 3 is 2.42 bits per heavy atom. The van der Waals surface area contributed by atoms with Gasteiger partial charge < -0.3 is 20.1 Å². The molecular formula is C17H37FN2O4. The van der Waals surface area contributed by atoms with Crippen LogP contribution in [0.4, 0.5) is 4.39 Å². The van der Waals surface area contributed by atoms with Gasteiger partial charge in [0.25, 0.3) is 0 Å². The fourth-order valence-electron chi connectivity index (χ4n) is 1.71. The molecule has 2 N–H and O–H groups in total. The first-order chi connectivity index (χ1) is 11.3. The van der Waals surface area contributed by atoms with Gasteiger partial charge in [-0.05, 0) is 33.1 Å². The van der Waals surface area contributed by atoms with Gasteiger partial charge >= 0.3 is 0 Å². The number of nitrogens with one attached hydrogen (secondary N) is 2. The van der Waals surface area contributed by atoms with Gasteiger partial charge in [-0.2, -0.15) is 0 Å². The van der Waals surface area contributed by atoms with Gasteiger partial charge in [-0.25, -0.2) is 4.39 Å². The molecule has 1 atom stereocenters. The standard InChI is InChI=1S/C17H33FN2O4.2H2/c1-13(2)17(22)20-10-15(18)11-23-9-7-5-6-8-19-16(21)12-24-14(3)4;;/h13-15H,5-12H2,1-4H3,(H,19,21)(H,20,22);2*1H. The summed E-state index contributed by atoms with van der Waals surface area (Å²) in [6.07, 6.45) is 1.41. The van der Waals surface area contributed by atoms with Gasteiger partial charge in [0.1, 0.15) is 12.8 Å². The highest BCUT2D eigenvalue weighted by Gasteiger charge is 2.11. The van der Waals surface area contributed by atoms with Gasteiger partial charge in [0.05, 0.1) is 19.3 Å². The Morgan fingerprint density at radius 2 is 1.79 bits per heavy atom. The van der Waals surface area contributed by atoms with Gasteiger partial charge in [0.2, 0.25) is 11.8 Å². The van der Waals surface area contributed by atoms with Crippen LogP contribution in [-0.2, 0) is 19.1 Å². The summed E-state index contributed by atoms with van der Waals surface area (Å²) in [5.74, 6) is -0.405. The third kappa shape index (κ3) is 14.4. The molecule has 0 rings (SSSR count). The van der Waals surface area contributed by atoms with Gasteiger partial charge in [-0.3, -0.25) is 9.59 Å². The van der Waals surface area contributed by atoms with E-state index in [0.29, 0.717) is 13.2 Å². The van der Waals surface area contributed by atoms with Crippen LogP contribution in [0.5, 0.6) is 0 Å². The highest BCUT2D eigenvalue weighted by molar-refractivity contribution is 5.77. The molecule has 1 unspecified atom stereocenters. The zero-order valence-corrected chi connectivity index (χ0v) is 15.4. The molecule has 0 bridgehead atoms. The van der Waals surface area contributed by atoms with Crippen molar-refractivity contribution in [2.45, 2.75) is 59.2 Å². The number of halogens is 1. The van der Waals surface area contributed by atoms with Crippen molar-refractivity contribution < 1.29 is 26.3 Å². The van der Waals surface area contributed by atoms with E-state index in [0.717, 1.165) is 19.3 Å². The molecule has 6 nitrogen and oxygen atoms in total. The Hall–Kier alpha value is -1.21. The summed E-state index contributed by atoms with van der Waals surface area (Å²) in [5.41, 5.74) is 0. The Labute approximate surface area is 147 Å². The van der Waals surface area contributed by atoms with Crippen molar-refractivity contribution >= 4 is 11.8 Å². The Balaban J connectivity index is -0.00000264. The third-order valence-corrected chi connectivity index (χ3v) is 3.16. The van der Waals surface area contributed by atoms with Crippen molar-refractivity contribution in [3.05, 3.63) is 0 Å². The SMILES string of the molecule is CC(C)OCC(=O)NCCCCCOCC(F)CNC(=O)C(C)C.[HH].[HH]. The monoisotopic (exact) mass is 352 g/mol. The van der Waals surface area contributed by atoms with E-state index in [1.54, 1.807) is 13.8 Å². The number of unbranched alkanes of at least 4 members (excludes halogenated alkanes) is 2. The first-order valence-corrected chi connectivity index (χ1v) is 8.70. The van der Waals surface area contributed by atoms with Crippen LogP contribution in [0.15, 0.2) is 0 Å². The molecule has 0 aromatic carbocycles. The lowest BCUT2D eigenvalue weighted by molar-refractivity contribution is -0.127. The molecule has 0 fully saturated rings. The zero-order valence-electron chi connectivity index (χ0n) is 15.4. The van der Waals surface area contributed by atoms with E-state index in [1.165, 1.54) is 0 Å². The van der Waals surface area contributed by atoms with Crippen LogP contribution < -0.4 is 10.6 Å². The predicted octanol–water partition coefficient (Wildman–Crippen LogP) is 2.32. The van der Waals surface area contributed by atoms with E-state index in [2.05, 4.69) is 10.6 Å². The molecule has 146 valence electrons. The molecule has 2 amide bonds. The molecule has 0 aliphatic rings. The fraction of sp³-hybridized carbons (Fsp3) is 0.882. The van der Waals surface area contributed by atoms with E-state index in [1.807, 2.05) is 13.8 Å². The topological polar surface area (TPSA) is 76.7 Å². The number of amides is 2. The minimum Gasteiger partial charge on any atom is -0.378 e. The van der Waals surface area contributed by atoms with Crippen LogP contribution in [-0.4, -0.2) is 57.0 Å². The minimum absolute atomic E-state index is 0. The lowest BCUT2D eigenvalue weighted by atomic mass is 10.2. The van der Waals surface area contributed by atoms with Crippen molar-refractivity contribution in [3.63, 3.8) is 0 Å². The molecule has 0 aromatic heterocycles. The summed E-state index contributed by atoms with van der Waals surface area (Å²) >= 11 is 0. The average molecular weight is 352 g/mol. The maximum absolute atomic E-state index is 13.5. The third-order valence-electron chi connectivity index (χ3n) is 3.16. The summed E-state index contributed by atoms with van der Waals surface area (Å²) in [4.78, 5) is 22.7. The van der Waals surface area contributed by atoms with Crippen LogP contribution in [0.25, 0.3) is 0 Å². The predicted molar refractivity (Wildman–Crippen MR) is 95.7 cm³/mol. The first kappa shape index (κ1) is 22.8. The lowest BCUT2D eigenvalue weighted by Crippen LogP contribution is -2.34. The number of ether oxygens (including phenoxy) is 2. The van der Waals surface area contributed by atoms with Gasteiger partial charge in [0.15, 0.2) is 0 Å². The second kappa shape index (κ2) is 14.2. The molecule has 7 heteroatoms. The van der Waals surface area contributed by atoms with Crippen LogP contribution in [0.3, 0.4) is 0 Å². The van der Waals surface area contributed by atoms with Crippen molar-refractivity contribution in [2.75, 3.05) is 32.9 Å². The molecule has 0 saturated heterocycles. The van der Waals surface area contributed by atoms with E-state index in [4.69, 9.17) is 9.47 Å². The highest BCUT2D eigenvalue weighted by Crippen LogP contribution is 1.98. The number of alkyl halides is 1. The Bertz CT molecular complexity index is 362. The van der Waals surface area contributed by atoms with Crippen molar-refractivity contribution in [2.24, 2.45) is 5.92 Å². The average Bonchev–Trinajstić information content (AvgIpc) is 2.52. The maximum atomic E-state index is 13.5. The van der Waals surface area contributed by atoms with Crippen LogP contribution in [0.2, 0.25) is 0 Å². The lowest BCUT2D eigenvalue weighted by Gasteiger charge is -2.12. The summed E-state index contributed by atoms with van der Waals surface area (Å²) < 4.78 is 23.9. The summed E-state index contributed by atoms with van der Waals surface area (Å²) in [6, 6.07) is 0. The summed E-state index contributed by atoms with van der Waals surface area (Å²) in [7, 11) is 0. The fourth-order valence-corrected chi connectivity index (χ4v) is 1.71. The van der Waals surface area contributed by atoms with E-state index < -0.39 is 6.17 Å². The molecule has 24 heavy (non-hydrogen) atoms. The van der Waals surface area contributed by atoms with Gasteiger partial charge in [0, 0.05) is 21.9 Å². The summed E-state index contributed by atoms with van der Waals surface area (Å²) in [6.45, 7) is 8.43. The zero-order chi connectivity index (χ0) is 18.4. The Morgan fingerprint density at radius 1 is 1.08 bits per heavy atom. The number of carbonyl (C=O) groups is 2. The molecule has 0 aliphatic heterocycles. The largest absolute Gasteiger partial charge is 0.378 e. The Kier molecular flexibility index (Phi) is 13.4. The minimum atomic E-state index is -1.19. The highest BCUT2D eigenvalue weighted by atomic mass is 19.1. The summed E-state index contributed by atoms with van der Waals surface area (Å²) in [5, 5.41) is 5.31. The molecule has 0 radical (unpaired) electrons. The second-order valence-electron chi connectivity index (χ2n) is 6.34. The number of rotatable bonds is 14. The van der Waals surface area contributed by atoms with Crippen molar-refractivity contribution in [1.29, 1.82) is 0 Å². The quantitative estimate of drug-likeness (QED) is 0.470. The molecule has 0 aromatic rings. The van der Waals surface area contributed by atoms with Crippen molar-refractivity contribution in [3.8, 4) is 0 Å². The maximum Gasteiger partial charge on any atom is 0.246 e. The van der Waals surface area contributed by atoms with Crippen LogP contribution in [0, 0.1) is 5.92 Å². The van der Waals surface area contributed by atoms with E-state index in [-0.39, 0.29) is 46.4 Å². The smallest absolute Gasteiger partial charge is 0.246 e. The van der Waals surface area contributed by atoms with Crippen molar-refractivity contribution in [1.82, 2.24) is 10.6 Å². The molecular weight excluding hydrogens is 315 g/mol.